The van der Waals surface area contributed by atoms with E-state index in [1.165, 1.54) is 24.8 Å². The summed E-state index contributed by atoms with van der Waals surface area (Å²) in [6, 6.07) is 5.62. The highest BCUT2D eigenvalue weighted by atomic mass is 16.6. The van der Waals surface area contributed by atoms with Crippen LogP contribution in [0.1, 0.15) is 84.6 Å². The largest absolute Gasteiger partial charge is 0.508 e. The van der Waals surface area contributed by atoms with Gasteiger partial charge in [-0.15, -0.1) is 0 Å². The monoisotopic (exact) mass is 578 g/mol. The maximum Gasteiger partial charge on any atom is 0.328 e. The number of amides is 1. The smallest absolute Gasteiger partial charge is 0.328 e. The molecule has 2 N–H and O–H groups in total. The fourth-order valence-electron chi connectivity index (χ4n) is 9.02. The number of ketones is 1. The summed E-state index contributed by atoms with van der Waals surface area (Å²) in [5.41, 5.74) is 3.40. The van der Waals surface area contributed by atoms with E-state index in [9.17, 15) is 19.5 Å². The van der Waals surface area contributed by atoms with Crippen LogP contribution in [-0.2, 0) is 30.4 Å². The molecule has 1 aromatic carbocycles. The van der Waals surface area contributed by atoms with E-state index in [0.717, 1.165) is 43.4 Å². The lowest BCUT2D eigenvalue weighted by atomic mass is 9.46. The zero-order valence-electron chi connectivity index (χ0n) is 25.5. The van der Waals surface area contributed by atoms with Gasteiger partial charge in [0.15, 0.2) is 6.61 Å². The van der Waals surface area contributed by atoms with Gasteiger partial charge in [-0.2, -0.15) is 0 Å². The first kappa shape index (κ1) is 30.3. The number of benzene rings is 1. The van der Waals surface area contributed by atoms with Crippen molar-refractivity contribution in [3.63, 3.8) is 0 Å². The molecule has 4 aliphatic rings. The molecule has 7 atom stereocenters. The Hall–Kier alpha value is -3.16. The number of hydrogen-bond donors (Lipinski definition) is 2. The molecule has 0 aliphatic heterocycles. The topological polar surface area (TPSA) is 114 Å². The highest BCUT2D eigenvalue weighted by Gasteiger charge is 2.59. The molecular weight excluding hydrogens is 532 g/mol. The number of esters is 1. The third-order valence-corrected chi connectivity index (χ3v) is 11.1. The number of fused-ring (bicyclic) bond motifs is 5. The van der Waals surface area contributed by atoms with Gasteiger partial charge < -0.3 is 20.0 Å². The van der Waals surface area contributed by atoms with Crippen molar-refractivity contribution >= 4 is 23.4 Å². The fourth-order valence-corrected chi connectivity index (χ4v) is 9.02. The summed E-state index contributed by atoms with van der Waals surface area (Å²) in [5.74, 6) is 1.74. The summed E-state index contributed by atoms with van der Waals surface area (Å²) in [6.45, 7) is 8.25. The van der Waals surface area contributed by atoms with Crippen LogP contribution in [0, 0.1) is 34.5 Å². The third kappa shape index (κ3) is 5.86. The number of phenols is 1. The Morgan fingerprint density at radius 3 is 2.52 bits per heavy atom. The number of allylic oxidation sites excluding steroid dienone is 2. The molecule has 3 saturated carbocycles. The molecule has 0 bridgehead atoms. The SMILES string of the molecule is CCOC(=O)[C@H](Cc1ccc(O)cc1)NC(=O)CO/N=C1/C=C2CC[C@H]3[C@@H]4CC[C@H](C(C)=O)[C@@]4(C)CC[C@@H]3[C@@]2(C)CC1. The van der Waals surface area contributed by atoms with Crippen LogP contribution in [0.5, 0.6) is 5.75 Å². The highest BCUT2D eigenvalue weighted by molar-refractivity contribution is 5.96. The van der Waals surface area contributed by atoms with Crippen molar-refractivity contribution < 1.29 is 29.1 Å². The fraction of sp³-hybridized carbons (Fsp3) is 0.647. The first-order valence-electron chi connectivity index (χ1n) is 15.7. The van der Waals surface area contributed by atoms with Gasteiger partial charge >= 0.3 is 5.97 Å². The summed E-state index contributed by atoms with van der Waals surface area (Å²) in [4.78, 5) is 43.1. The number of nitrogens with zero attached hydrogens (tertiary/aromatic N) is 1. The predicted octanol–water partition coefficient (Wildman–Crippen LogP) is 5.52. The number of carbonyl (C=O) groups excluding carboxylic acids is 3. The molecule has 0 saturated heterocycles. The molecule has 42 heavy (non-hydrogen) atoms. The van der Waals surface area contributed by atoms with Gasteiger partial charge in [0.25, 0.3) is 5.91 Å². The number of nitrogens with one attached hydrogen (secondary N) is 1. The normalized spacial score (nSPS) is 33.4. The van der Waals surface area contributed by atoms with Gasteiger partial charge in [-0.05, 0) is 118 Å². The van der Waals surface area contributed by atoms with Crippen LogP contribution >= 0.6 is 0 Å². The minimum Gasteiger partial charge on any atom is -0.508 e. The first-order valence-corrected chi connectivity index (χ1v) is 15.7. The first-order chi connectivity index (χ1) is 20.0. The van der Waals surface area contributed by atoms with E-state index < -0.39 is 17.9 Å². The number of phenolic OH excluding ortho intramolecular Hbond substituents is 1. The van der Waals surface area contributed by atoms with Gasteiger partial charge in [0.05, 0.1) is 12.3 Å². The lowest BCUT2D eigenvalue weighted by Crippen LogP contribution is -2.51. The van der Waals surface area contributed by atoms with Crippen molar-refractivity contribution in [2.75, 3.05) is 13.2 Å². The van der Waals surface area contributed by atoms with E-state index in [4.69, 9.17) is 9.57 Å². The second-order valence-electron chi connectivity index (χ2n) is 13.4. The molecule has 1 amide bonds. The summed E-state index contributed by atoms with van der Waals surface area (Å²) >= 11 is 0. The van der Waals surface area contributed by atoms with E-state index in [1.807, 2.05) is 0 Å². The van der Waals surface area contributed by atoms with E-state index in [2.05, 4.69) is 30.4 Å². The molecule has 8 heteroatoms. The molecule has 0 aromatic heterocycles. The quantitative estimate of drug-likeness (QED) is 0.295. The maximum atomic E-state index is 12.7. The van der Waals surface area contributed by atoms with E-state index >= 15 is 0 Å². The highest BCUT2D eigenvalue weighted by Crippen LogP contribution is 2.66. The molecule has 8 nitrogen and oxygen atoms in total. The molecular formula is C34H46N2O6. The van der Waals surface area contributed by atoms with Crippen LogP contribution < -0.4 is 5.32 Å². The summed E-state index contributed by atoms with van der Waals surface area (Å²) < 4.78 is 5.15. The Morgan fingerprint density at radius 2 is 1.81 bits per heavy atom. The minimum atomic E-state index is -0.867. The lowest BCUT2D eigenvalue weighted by Gasteiger charge is -2.58. The van der Waals surface area contributed by atoms with E-state index in [0.29, 0.717) is 23.5 Å². The molecule has 228 valence electrons. The van der Waals surface area contributed by atoms with Crippen molar-refractivity contribution in [2.45, 2.75) is 91.5 Å². The van der Waals surface area contributed by atoms with Crippen LogP contribution in [-0.4, -0.2) is 47.7 Å². The van der Waals surface area contributed by atoms with Crippen molar-refractivity contribution in [1.29, 1.82) is 0 Å². The van der Waals surface area contributed by atoms with Crippen LogP contribution in [0.25, 0.3) is 0 Å². The van der Waals surface area contributed by atoms with Crippen LogP contribution in [0.2, 0.25) is 0 Å². The van der Waals surface area contributed by atoms with Crippen molar-refractivity contribution in [1.82, 2.24) is 5.32 Å². The van der Waals surface area contributed by atoms with Crippen molar-refractivity contribution in [2.24, 2.45) is 39.7 Å². The van der Waals surface area contributed by atoms with Crippen LogP contribution in [0.4, 0.5) is 0 Å². The number of hydrogen-bond acceptors (Lipinski definition) is 7. The number of rotatable bonds is 9. The van der Waals surface area contributed by atoms with E-state index in [-0.39, 0.29) is 42.1 Å². The minimum absolute atomic E-state index is 0.132. The molecule has 3 fully saturated rings. The zero-order valence-corrected chi connectivity index (χ0v) is 25.5. The number of carbonyl (C=O) groups is 3. The molecule has 0 heterocycles. The molecule has 0 radical (unpaired) electrons. The summed E-state index contributed by atoms with van der Waals surface area (Å²) in [6.07, 6.45) is 11.0. The van der Waals surface area contributed by atoms with Gasteiger partial charge in [-0.1, -0.05) is 36.7 Å². The number of Topliss-reactive ketones (excluding diaryl/α,β-unsaturated/α-hetero) is 1. The molecule has 5 rings (SSSR count). The lowest BCUT2D eigenvalue weighted by molar-refractivity contribution is -0.147. The second-order valence-corrected chi connectivity index (χ2v) is 13.4. The van der Waals surface area contributed by atoms with Crippen molar-refractivity contribution in [3.05, 3.63) is 41.5 Å². The second kappa shape index (κ2) is 12.2. The molecule has 0 spiro atoms. The van der Waals surface area contributed by atoms with Crippen molar-refractivity contribution in [3.8, 4) is 5.75 Å². The summed E-state index contributed by atoms with van der Waals surface area (Å²) in [5, 5.41) is 16.6. The van der Waals surface area contributed by atoms with Gasteiger partial charge in [-0.3, -0.25) is 9.59 Å². The Labute approximate surface area is 249 Å². The van der Waals surface area contributed by atoms with Gasteiger partial charge in [0.1, 0.15) is 17.6 Å². The average Bonchev–Trinajstić information content (AvgIpc) is 3.31. The number of ether oxygens (including phenoxy) is 1. The van der Waals surface area contributed by atoms with E-state index in [1.54, 1.807) is 38.1 Å². The molecule has 4 aliphatic carbocycles. The average molecular weight is 579 g/mol. The van der Waals surface area contributed by atoms with Gasteiger partial charge in [0.2, 0.25) is 0 Å². The summed E-state index contributed by atoms with van der Waals surface area (Å²) in [7, 11) is 0. The Kier molecular flexibility index (Phi) is 8.81. The molecule has 1 aromatic rings. The Morgan fingerprint density at radius 1 is 1.05 bits per heavy atom. The van der Waals surface area contributed by atoms with Crippen LogP contribution in [0.3, 0.4) is 0 Å². The zero-order chi connectivity index (χ0) is 30.1. The predicted molar refractivity (Wildman–Crippen MR) is 160 cm³/mol. The standard InChI is InChI=1S/C34H46N2O6/c1-5-41-32(40)30(18-22-6-9-25(38)10-7-22)35-31(39)20-42-36-24-14-16-33(3)23(19-24)8-11-26-28-13-12-27(21(2)37)34(28,4)17-15-29(26)33/h6-7,9-10,19,26-30,38H,5,8,11-18,20H2,1-4H3,(H,35,39)/b36-24+/t26-,27+,28-,29-,30-,33-,34+/m0/s1. The van der Waals surface area contributed by atoms with Crippen LogP contribution in [0.15, 0.2) is 41.1 Å². The Balaban J connectivity index is 1.19. The Bertz CT molecular complexity index is 1250. The maximum absolute atomic E-state index is 12.7. The molecule has 0 unspecified atom stereocenters. The number of oxime groups is 1. The number of aromatic hydroxyl groups is 1. The van der Waals surface area contributed by atoms with Gasteiger partial charge in [0, 0.05) is 12.3 Å². The third-order valence-electron chi connectivity index (χ3n) is 11.1. The van der Waals surface area contributed by atoms with Gasteiger partial charge in [-0.25, -0.2) is 4.79 Å².